The first kappa shape index (κ1) is 13.4. The van der Waals surface area contributed by atoms with Gasteiger partial charge in [0.25, 0.3) is 0 Å². The number of hydrogen-bond donors (Lipinski definition) is 3. The van der Waals surface area contributed by atoms with Gasteiger partial charge in [-0.2, -0.15) is 0 Å². The maximum Gasteiger partial charge on any atom is 0.128 e. The average Bonchev–Trinajstić information content (AvgIpc) is 2.41. The summed E-state index contributed by atoms with van der Waals surface area (Å²) in [5.41, 5.74) is 9.33. The first-order valence-corrected chi connectivity index (χ1v) is 6.08. The minimum absolute atomic E-state index is 0.0195. The molecule has 0 amide bonds. The Morgan fingerprint density at radius 2 is 1.95 bits per heavy atom. The van der Waals surface area contributed by atoms with Gasteiger partial charge in [-0.3, -0.25) is 0 Å². The molecule has 2 aromatic carbocycles. The van der Waals surface area contributed by atoms with Crippen LogP contribution >= 0.6 is 0 Å². The second-order valence-corrected chi connectivity index (χ2v) is 4.52. The number of nitrogen functional groups attached to an aromatic ring is 1. The summed E-state index contributed by atoms with van der Waals surface area (Å²) in [5.74, 6) is -0.301. The molecule has 0 aliphatic carbocycles. The minimum atomic E-state index is -0.301. The van der Waals surface area contributed by atoms with Gasteiger partial charge in [0.05, 0.1) is 18.0 Å². The van der Waals surface area contributed by atoms with Crippen molar-refractivity contribution >= 4 is 11.4 Å². The van der Waals surface area contributed by atoms with Gasteiger partial charge in [-0.15, -0.1) is 0 Å². The molecule has 0 unspecified atom stereocenters. The van der Waals surface area contributed by atoms with Crippen LogP contribution in [0.4, 0.5) is 15.8 Å². The molecule has 3 nitrogen and oxygen atoms in total. The molecule has 0 saturated carbocycles. The molecule has 0 saturated heterocycles. The second kappa shape index (κ2) is 5.71. The molecule has 100 valence electrons. The Labute approximate surface area is 111 Å². The van der Waals surface area contributed by atoms with Crippen LogP contribution in [0.3, 0.4) is 0 Å². The third-order valence-corrected chi connectivity index (χ3v) is 2.99. The van der Waals surface area contributed by atoms with E-state index in [9.17, 15) is 4.39 Å². The first-order valence-electron chi connectivity index (χ1n) is 6.08. The summed E-state index contributed by atoms with van der Waals surface area (Å²) >= 11 is 0. The van der Waals surface area contributed by atoms with E-state index in [4.69, 9.17) is 10.8 Å². The van der Waals surface area contributed by atoms with Crippen LogP contribution in [0.25, 0.3) is 0 Å². The van der Waals surface area contributed by atoms with E-state index in [1.54, 1.807) is 13.0 Å². The van der Waals surface area contributed by atoms with E-state index in [-0.39, 0.29) is 12.4 Å². The highest BCUT2D eigenvalue weighted by Crippen LogP contribution is 2.23. The molecule has 0 aromatic heterocycles. The van der Waals surface area contributed by atoms with Gasteiger partial charge in [0, 0.05) is 6.54 Å². The minimum Gasteiger partial charge on any atom is -0.397 e. The summed E-state index contributed by atoms with van der Waals surface area (Å²) < 4.78 is 13.3. The third-order valence-electron chi connectivity index (χ3n) is 2.99. The summed E-state index contributed by atoms with van der Waals surface area (Å²) in [4.78, 5) is 0. The van der Waals surface area contributed by atoms with Crippen LogP contribution in [0.1, 0.15) is 16.7 Å². The largest absolute Gasteiger partial charge is 0.397 e. The summed E-state index contributed by atoms with van der Waals surface area (Å²) in [6.45, 7) is 2.29. The highest BCUT2D eigenvalue weighted by molar-refractivity contribution is 5.67. The van der Waals surface area contributed by atoms with E-state index in [1.807, 2.05) is 24.3 Å². The number of rotatable bonds is 4. The number of aliphatic hydroxyl groups excluding tert-OH is 1. The zero-order chi connectivity index (χ0) is 13.8. The normalized spacial score (nSPS) is 10.5. The van der Waals surface area contributed by atoms with E-state index < -0.39 is 0 Å². The van der Waals surface area contributed by atoms with Crippen LogP contribution in [-0.2, 0) is 13.2 Å². The molecule has 0 atom stereocenters. The second-order valence-electron chi connectivity index (χ2n) is 4.52. The van der Waals surface area contributed by atoms with Crippen molar-refractivity contribution in [3.05, 3.63) is 58.9 Å². The van der Waals surface area contributed by atoms with Crippen molar-refractivity contribution < 1.29 is 9.50 Å². The molecule has 4 N–H and O–H groups in total. The summed E-state index contributed by atoms with van der Waals surface area (Å²) in [6, 6.07) is 10.6. The zero-order valence-electron chi connectivity index (χ0n) is 10.8. The highest BCUT2D eigenvalue weighted by atomic mass is 19.1. The van der Waals surface area contributed by atoms with Crippen molar-refractivity contribution in [3.8, 4) is 0 Å². The Hall–Kier alpha value is -2.07. The van der Waals surface area contributed by atoms with Crippen LogP contribution in [0.15, 0.2) is 36.4 Å². The number of aliphatic hydroxyl groups is 1. The van der Waals surface area contributed by atoms with Crippen molar-refractivity contribution in [3.63, 3.8) is 0 Å². The Kier molecular flexibility index (Phi) is 4.02. The van der Waals surface area contributed by atoms with Crippen LogP contribution < -0.4 is 11.1 Å². The van der Waals surface area contributed by atoms with Crippen molar-refractivity contribution in [2.45, 2.75) is 20.1 Å². The van der Waals surface area contributed by atoms with Crippen LogP contribution in [0, 0.1) is 12.7 Å². The van der Waals surface area contributed by atoms with Gasteiger partial charge in [-0.05, 0) is 35.7 Å². The lowest BCUT2D eigenvalue weighted by atomic mass is 10.1. The summed E-state index contributed by atoms with van der Waals surface area (Å²) in [6.07, 6.45) is 0. The monoisotopic (exact) mass is 260 g/mol. The quantitative estimate of drug-likeness (QED) is 0.741. The van der Waals surface area contributed by atoms with E-state index in [0.29, 0.717) is 23.5 Å². The standard InChI is InChI=1S/C15H17FN2O/c1-10-5-15(14(17)7-13(10)16)18-8-11-3-2-4-12(6-11)9-19/h2-7,18-19H,8-9,17H2,1H3. The molecular weight excluding hydrogens is 243 g/mol. The predicted octanol–water partition coefficient (Wildman–Crippen LogP) is 2.82. The lowest BCUT2D eigenvalue weighted by Gasteiger charge is -2.11. The lowest BCUT2D eigenvalue weighted by molar-refractivity contribution is 0.281. The number of nitrogens with two attached hydrogens (primary N) is 1. The molecule has 2 aromatic rings. The molecule has 0 spiro atoms. The molecule has 0 bridgehead atoms. The fourth-order valence-corrected chi connectivity index (χ4v) is 1.89. The van der Waals surface area contributed by atoms with Crippen molar-refractivity contribution in [1.82, 2.24) is 0 Å². The van der Waals surface area contributed by atoms with Gasteiger partial charge in [-0.1, -0.05) is 24.3 Å². The molecule has 2 rings (SSSR count). The number of nitrogens with one attached hydrogen (secondary N) is 1. The number of halogens is 1. The first-order chi connectivity index (χ1) is 9.10. The summed E-state index contributed by atoms with van der Waals surface area (Å²) in [5, 5.41) is 12.3. The van der Waals surface area contributed by atoms with Gasteiger partial charge >= 0.3 is 0 Å². The van der Waals surface area contributed by atoms with E-state index in [0.717, 1.165) is 11.1 Å². The van der Waals surface area contributed by atoms with E-state index in [2.05, 4.69) is 5.32 Å². The molecule has 0 aliphatic heterocycles. The molecule has 19 heavy (non-hydrogen) atoms. The topological polar surface area (TPSA) is 58.3 Å². The number of benzene rings is 2. The maximum atomic E-state index is 13.3. The lowest BCUT2D eigenvalue weighted by Crippen LogP contribution is -2.04. The van der Waals surface area contributed by atoms with Gasteiger partial charge in [0.15, 0.2) is 0 Å². The van der Waals surface area contributed by atoms with Gasteiger partial charge in [-0.25, -0.2) is 4.39 Å². The van der Waals surface area contributed by atoms with Gasteiger partial charge in [0.1, 0.15) is 5.82 Å². The van der Waals surface area contributed by atoms with Crippen LogP contribution in [0.2, 0.25) is 0 Å². The van der Waals surface area contributed by atoms with Gasteiger partial charge < -0.3 is 16.2 Å². The SMILES string of the molecule is Cc1cc(NCc2cccc(CO)c2)c(N)cc1F. The van der Waals surface area contributed by atoms with Crippen molar-refractivity contribution in [2.75, 3.05) is 11.1 Å². The van der Waals surface area contributed by atoms with Crippen LogP contribution in [-0.4, -0.2) is 5.11 Å². The highest BCUT2D eigenvalue weighted by Gasteiger charge is 2.04. The molecule has 0 heterocycles. The maximum absolute atomic E-state index is 13.3. The Morgan fingerprint density at radius 3 is 2.68 bits per heavy atom. The van der Waals surface area contributed by atoms with Crippen LogP contribution in [0.5, 0.6) is 0 Å². The van der Waals surface area contributed by atoms with E-state index in [1.165, 1.54) is 6.07 Å². The Morgan fingerprint density at radius 1 is 1.21 bits per heavy atom. The van der Waals surface area contributed by atoms with Crippen molar-refractivity contribution in [2.24, 2.45) is 0 Å². The van der Waals surface area contributed by atoms with Crippen molar-refractivity contribution in [1.29, 1.82) is 0 Å². The molecule has 0 radical (unpaired) electrons. The fraction of sp³-hybridized carbons (Fsp3) is 0.200. The number of anilines is 2. The fourth-order valence-electron chi connectivity index (χ4n) is 1.89. The summed E-state index contributed by atoms with van der Waals surface area (Å²) in [7, 11) is 0. The molecule has 0 aliphatic rings. The molecular formula is C15H17FN2O. The third kappa shape index (κ3) is 3.23. The predicted molar refractivity (Wildman–Crippen MR) is 75.2 cm³/mol. The molecule has 0 fully saturated rings. The number of hydrogen-bond acceptors (Lipinski definition) is 3. The zero-order valence-corrected chi connectivity index (χ0v) is 10.8. The molecule has 4 heteroatoms. The van der Waals surface area contributed by atoms with Gasteiger partial charge in [0.2, 0.25) is 0 Å². The Balaban J connectivity index is 2.12. The smallest absolute Gasteiger partial charge is 0.128 e. The number of aryl methyl sites for hydroxylation is 1. The Bertz CT molecular complexity index is 584. The average molecular weight is 260 g/mol. The van der Waals surface area contributed by atoms with E-state index >= 15 is 0 Å².